The van der Waals surface area contributed by atoms with Crippen molar-refractivity contribution in [3.8, 4) is 0 Å². The van der Waals surface area contributed by atoms with E-state index in [1.54, 1.807) is 0 Å². The first-order valence-electron chi connectivity index (χ1n) is 4.35. The van der Waals surface area contributed by atoms with Crippen molar-refractivity contribution in [2.75, 3.05) is 14.2 Å². The van der Waals surface area contributed by atoms with Gasteiger partial charge in [-0.3, -0.25) is 13.2 Å². The van der Waals surface area contributed by atoms with Crippen LogP contribution < -0.4 is 0 Å². The van der Waals surface area contributed by atoms with E-state index in [9.17, 15) is 21.6 Å². The second kappa shape index (κ2) is 5.10. The summed E-state index contributed by atoms with van der Waals surface area (Å²) < 4.78 is 54.1. The van der Waals surface area contributed by atoms with Crippen LogP contribution in [0, 0.1) is 0 Å². The van der Waals surface area contributed by atoms with Crippen LogP contribution in [0.3, 0.4) is 0 Å². The average molecular weight is 295 g/mol. The first kappa shape index (κ1) is 14.7. The van der Waals surface area contributed by atoms with Crippen LogP contribution in [0.15, 0.2) is 22.2 Å². The van der Waals surface area contributed by atoms with Gasteiger partial charge >= 0.3 is 10.1 Å². The quantitative estimate of drug-likeness (QED) is 0.530. The highest BCUT2D eigenvalue weighted by Gasteiger charge is 2.24. The number of pyridine rings is 1. The van der Waals surface area contributed by atoms with E-state index in [4.69, 9.17) is 0 Å². The lowest BCUT2D eigenvalue weighted by Gasteiger charge is -2.06. The Morgan fingerprint density at radius 3 is 2.11 bits per heavy atom. The summed E-state index contributed by atoms with van der Waals surface area (Å²) >= 11 is 0. The number of hydrogen-bond acceptors (Lipinski definition) is 8. The number of carbonyl (C=O) groups is 1. The zero-order valence-electron chi connectivity index (χ0n) is 9.35. The summed E-state index contributed by atoms with van der Waals surface area (Å²) in [7, 11) is -6.60. The summed E-state index contributed by atoms with van der Waals surface area (Å²) in [6.45, 7) is 0. The summed E-state index contributed by atoms with van der Waals surface area (Å²) in [5, 5.41) is -0.633. The first-order chi connectivity index (χ1) is 8.28. The van der Waals surface area contributed by atoms with Gasteiger partial charge in [-0.15, -0.1) is 0 Å². The highest BCUT2D eigenvalue weighted by Crippen LogP contribution is 2.19. The zero-order valence-corrected chi connectivity index (χ0v) is 11.0. The molecule has 1 rings (SSSR count). The second-order valence-corrected chi connectivity index (χ2v) is 6.26. The Bertz CT molecular complexity index is 663. The van der Waals surface area contributed by atoms with E-state index in [1.165, 1.54) is 0 Å². The van der Waals surface area contributed by atoms with Gasteiger partial charge in [0.25, 0.3) is 10.1 Å². The molecule has 18 heavy (non-hydrogen) atoms. The van der Waals surface area contributed by atoms with Crippen LogP contribution >= 0.6 is 0 Å². The van der Waals surface area contributed by atoms with E-state index in [2.05, 4.69) is 13.4 Å². The third kappa shape index (κ3) is 2.72. The number of aromatic nitrogens is 1. The fraction of sp³-hybridized carbons (Fsp3) is 0.250. The van der Waals surface area contributed by atoms with Gasteiger partial charge in [-0.2, -0.15) is 16.8 Å². The highest BCUT2D eigenvalue weighted by atomic mass is 32.2. The molecule has 0 saturated carbocycles. The Morgan fingerprint density at radius 1 is 1.11 bits per heavy atom. The molecule has 0 aliphatic carbocycles. The SMILES string of the molecule is COS(=O)(=O)c1cc(S(=O)(=O)OC)c(C=O)cn1. The summed E-state index contributed by atoms with van der Waals surface area (Å²) in [6.07, 6.45) is 1.03. The van der Waals surface area contributed by atoms with Crippen LogP contribution in [0.25, 0.3) is 0 Å². The lowest BCUT2D eigenvalue weighted by Crippen LogP contribution is -2.11. The average Bonchev–Trinajstić information content (AvgIpc) is 2.37. The van der Waals surface area contributed by atoms with Gasteiger partial charge < -0.3 is 0 Å². The topological polar surface area (TPSA) is 117 Å². The number of aldehydes is 1. The molecule has 0 fully saturated rings. The monoisotopic (exact) mass is 295 g/mol. The maximum Gasteiger partial charge on any atom is 0.314 e. The van der Waals surface area contributed by atoms with E-state index in [1.807, 2.05) is 0 Å². The smallest absolute Gasteiger partial charge is 0.298 e. The lowest BCUT2D eigenvalue weighted by molar-refractivity contribution is 0.111. The summed E-state index contributed by atoms with van der Waals surface area (Å²) in [5.74, 6) is 0. The van der Waals surface area contributed by atoms with Crippen molar-refractivity contribution in [3.05, 3.63) is 17.8 Å². The van der Waals surface area contributed by atoms with E-state index in [0.717, 1.165) is 20.4 Å². The molecule has 1 aromatic rings. The van der Waals surface area contributed by atoms with Crippen molar-refractivity contribution in [3.63, 3.8) is 0 Å². The minimum absolute atomic E-state index is 0.224. The van der Waals surface area contributed by atoms with Crippen LogP contribution in [0.5, 0.6) is 0 Å². The Labute approximate surface area is 104 Å². The van der Waals surface area contributed by atoms with Crippen molar-refractivity contribution in [1.82, 2.24) is 4.98 Å². The molecular weight excluding hydrogens is 286 g/mol. The second-order valence-electron chi connectivity index (χ2n) is 2.92. The molecule has 0 N–H and O–H groups in total. The van der Waals surface area contributed by atoms with Crippen LogP contribution in [-0.4, -0.2) is 42.3 Å². The molecule has 100 valence electrons. The van der Waals surface area contributed by atoms with E-state index < -0.39 is 30.2 Å². The Balaban J connectivity index is 3.60. The largest absolute Gasteiger partial charge is 0.314 e. The summed E-state index contributed by atoms with van der Waals surface area (Å²) in [4.78, 5) is 13.5. The van der Waals surface area contributed by atoms with Crippen molar-refractivity contribution in [1.29, 1.82) is 0 Å². The number of nitrogens with zero attached hydrogens (tertiary/aromatic N) is 1. The normalized spacial score (nSPS) is 12.3. The lowest BCUT2D eigenvalue weighted by atomic mass is 10.3. The van der Waals surface area contributed by atoms with E-state index in [-0.39, 0.29) is 11.8 Å². The molecule has 0 aromatic carbocycles. The minimum atomic E-state index is -4.22. The molecule has 1 aromatic heterocycles. The third-order valence-corrected chi connectivity index (χ3v) is 4.47. The van der Waals surface area contributed by atoms with Crippen LogP contribution in [-0.2, 0) is 28.6 Å². The fourth-order valence-corrected chi connectivity index (χ4v) is 2.56. The summed E-state index contributed by atoms with van der Waals surface area (Å²) in [5.41, 5.74) is -0.313. The summed E-state index contributed by atoms with van der Waals surface area (Å²) in [6, 6.07) is 0.696. The molecule has 0 unspecified atom stereocenters. The molecule has 0 aliphatic heterocycles. The van der Waals surface area contributed by atoms with Crippen LogP contribution in [0.4, 0.5) is 0 Å². The van der Waals surface area contributed by atoms with Crippen molar-refractivity contribution in [2.24, 2.45) is 0 Å². The van der Waals surface area contributed by atoms with Gasteiger partial charge in [-0.1, -0.05) is 0 Å². The van der Waals surface area contributed by atoms with Gasteiger partial charge in [0.2, 0.25) is 0 Å². The van der Waals surface area contributed by atoms with Gasteiger partial charge in [0, 0.05) is 6.20 Å². The predicted molar refractivity (Wildman–Crippen MR) is 58.0 cm³/mol. The van der Waals surface area contributed by atoms with Crippen molar-refractivity contribution < 1.29 is 30.0 Å². The van der Waals surface area contributed by atoms with Gasteiger partial charge in [0.1, 0.15) is 4.90 Å². The third-order valence-electron chi connectivity index (χ3n) is 1.96. The van der Waals surface area contributed by atoms with Gasteiger partial charge in [-0.05, 0) is 6.07 Å². The fourth-order valence-electron chi connectivity index (χ4n) is 1.05. The Morgan fingerprint density at radius 2 is 1.67 bits per heavy atom. The molecule has 0 amide bonds. The van der Waals surface area contributed by atoms with Crippen molar-refractivity contribution in [2.45, 2.75) is 9.92 Å². The number of rotatable bonds is 5. The molecular formula is C8H9NO7S2. The highest BCUT2D eigenvalue weighted by molar-refractivity contribution is 7.87. The molecule has 8 nitrogen and oxygen atoms in total. The minimum Gasteiger partial charge on any atom is -0.298 e. The predicted octanol–water partition coefficient (Wildman–Crippen LogP) is -0.436. The number of carbonyl (C=O) groups excluding carboxylic acids is 1. The Kier molecular flexibility index (Phi) is 4.16. The molecule has 10 heteroatoms. The van der Waals surface area contributed by atoms with Gasteiger partial charge in [-0.25, -0.2) is 4.98 Å². The molecule has 0 spiro atoms. The zero-order chi connectivity index (χ0) is 14.0. The molecule has 0 aliphatic rings. The van der Waals surface area contributed by atoms with Crippen molar-refractivity contribution >= 4 is 26.5 Å². The van der Waals surface area contributed by atoms with E-state index >= 15 is 0 Å². The maximum absolute atomic E-state index is 11.5. The molecule has 0 saturated heterocycles. The van der Waals surface area contributed by atoms with Gasteiger partial charge in [0.15, 0.2) is 11.3 Å². The molecule has 1 heterocycles. The molecule has 0 atom stereocenters. The van der Waals surface area contributed by atoms with Crippen LogP contribution in [0.2, 0.25) is 0 Å². The maximum atomic E-state index is 11.5. The molecule has 0 bridgehead atoms. The Hall–Kier alpha value is -1.36. The first-order valence-corrected chi connectivity index (χ1v) is 7.16. The van der Waals surface area contributed by atoms with E-state index in [0.29, 0.717) is 6.07 Å². The molecule has 0 radical (unpaired) electrons. The standard InChI is InChI=1S/C8H9NO7S2/c1-15-17(11,12)7-3-8(18(13,14)16-2)9-4-6(7)5-10/h3-5H,1-2H3. The number of hydrogen-bond donors (Lipinski definition) is 0. The van der Waals surface area contributed by atoms with Gasteiger partial charge in [0.05, 0.1) is 19.8 Å². The van der Waals surface area contributed by atoms with Crippen LogP contribution in [0.1, 0.15) is 10.4 Å².